The fraction of sp³-hybridized carbons (Fsp3) is 0.0909. The lowest BCUT2D eigenvalue weighted by Crippen LogP contribution is -2.34. The normalized spacial score (nSPS) is 10.9. The molecule has 0 aromatic heterocycles. The molecule has 0 saturated heterocycles. The van der Waals surface area contributed by atoms with E-state index in [1.165, 1.54) is 24.3 Å². The molecule has 0 fully saturated rings. The van der Waals surface area contributed by atoms with E-state index >= 15 is 0 Å². The Hall–Kier alpha value is -3.43. The standard InChI is InChI=1S/C22H19ClFN3O4S/c23-19-14-18(10-11-20(19)24)32(30,31)27-17-8-6-16(7-9-17)22(29)26-13-12-25-21(28)15-4-2-1-3-5-15/h1-11,14,27H,12-13H2,(H,25,28)(H,26,29). The summed E-state index contributed by atoms with van der Waals surface area (Å²) in [6.07, 6.45) is 0. The van der Waals surface area contributed by atoms with Crippen molar-refractivity contribution in [3.05, 3.63) is 94.8 Å². The fourth-order valence-corrected chi connectivity index (χ4v) is 4.02. The number of nitrogens with one attached hydrogen (secondary N) is 3. The molecule has 0 heterocycles. The molecule has 0 unspecified atom stereocenters. The van der Waals surface area contributed by atoms with Crippen molar-refractivity contribution < 1.29 is 22.4 Å². The van der Waals surface area contributed by atoms with Crippen molar-refractivity contribution in [2.45, 2.75) is 4.90 Å². The molecule has 3 N–H and O–H groups in total. The maximum absolute atomic E-state index is 13.3. The molecule has 32 heavy (non-hydrogen) atoms. The van der Waals surface area contributed by atoms with E-state index in [9.17, 15) is 22.4 Å². The van der Waals surface area contributed by atoms with E-state index in [1.807, 2.05) is 6.07 Å². The highest BCUT2D eigenvalue weighted by atomic mass is 35.5. The molecule has 0 aliphatic heterocycles. The van der Waals surface area contributed by atoms with Crippen molar-refractivity contribution in [1.82, 2.24) is 10.6 Å². The van der Waals surface area contributed by atoms with Crippen LogP contribution in [0.1, 0.15) is 20.7 Å². The van der Waals surface area contributed by atoms with Gasteiger partial charge in [0.05, 0.1) is 9.92 Å². The average Bonchev–Trinajstić information content (AvgIpc) is 2.79. The number of anilines is 1. The molecule has 0 radical (unpaired) electrons. The zero-order valence-electron chi connectivity index (χ0n) is 16.6. The molecule has 0 aliphatic carbocycles. The minimum absolute atomic E-state index is 0.191. The molecule has 3 aromatic carbocycles. The number of halogens is 2. The molecule has 166 valence electrons. The third-order valence-electron chi connectivity index (χ3n) is 4.33. The number of carbonyl (C=O) groups is 2. The molecule has 3 rings (SSSR count). The number of benzene rings is 3. The van der Waals surface area contributed by atoms with E-state index in [0.29, 0.717) is 11.1 Å². The van der Waals surface area contributed by atoms with Crippen LogP contribution in [0.25, 0.3) is 0 Å². The van der Waals surface area contributed by atoms with Crippen molar-refractivity contribution in [3.8, 4) is 0 Å². The predicted molar refractivity (Wildman–Crippen MR) is 120 cm³/mol. The minimum Gasteiger partial charge on any atom is -0.350 e. The molecule has 10 heteroatoms. The second kappa shape index (κ2) is 10.3. The average molecular weight is 476 g/mol. The van der Waals surface area contributed by atoms with Crippen LogP contribution in [-0.4, -0.2) is 33.3 Å². The monoisotopic (exact) mass is 475 g/mol. The van der Waals surface area contributed by atoms with Gasteiger partial charge in [-0.2, -0.15) is 0 Å². The molecule has 0 bridgehead atoms. The number of sulfonamides is 1. The van der Waals surface area contributed by atoms with Gasteiger partial charge in [0.15, 0.2) is 0 Å². The summed E-state index contributed by atoms with van der Waals surface area (Å²) < 4.78 is 40.4. The first-order chi connectivity index (χ1) is 15.3. The van der Waals surface area contributed by atoms with Gasteiger partial charge in [0, 0.05) is 29.9 Å². The summed E-state index contributed by atoms with van der Waals surface area (Å²) in [5.74, 6) is -1.33. The zero-order chi connectivity index (χ0) is 23.1. The molecule has 2 amide bonds. The Labute approximate surface area is 189 Å². The van der Waals surface area contributed by atoms with Crippen LogP contribution in [0, 0.1) is 5.82 Å². The Kier molecular flexibility index (Phi) is 7.45. The Morgan fingerprint density at radius 1 is 0.812 bits per heavy atom. The van der Waals surface area contributed by atoms with E-state index in [4.69, 9.17) is 11.6 Å². The van der Waals surface area contributed by atoms with Crippen molar-refractivity contribution >= 4 is 39.1 Å². The van der Waals surface area contributed by atoms with Crippen LogP contribution >= 0.6 is 11.6 Å². The van der Waals surface area contributed by atoms with Gasteiger partial charge in [-0.1, -0.05) is 29.8 Å². The van der Waals surface area contributed by atoms with Gasteiger partial charge in [-0.05, 0) is 54.6 Å². The molecule has 0 aliphatic rings. The highest BCUT2D eigenvalue weighted by Gasteiger charge is 2.16. The van der Waals surface area contributed by atoms with Gasteiger partial charge in [-0.15, -0.1) is 0 Å². The van der Waals surface area contributed by atoms with Crippen LogP contribution in [0.15, 0.2) is 77.7 Å². The summed E-state index contributed by atoms with van der Waals surface area (Å²) in [6.45, 7) is 0.467. The highest BCUT2D eigenvalue weighted by molar-refractivity contribution is 7.92. The molecule has 3 aromatic rings. The van der Waals surface area contributed by atoms with Crippen molar-refractivity contribution in [2.75, 3.05) is 17.8 Å². The predicted octanol–water partition coefficient (Wildman–Crippen LogP) is 3.44. The first-order valence-electron chi connectivity index (χ1n) is 9.45. The smallest absolute Gasteiger partial charge is 0.261 e. The first kappa shape index (κ1) is 23.2. The van der Waals surface area contributed by atoms with Crippen LogP contribution < -0.4 is 15.4 Å². The number of amides is 2. The van der Waals surface area contributed by atoms with Gasteiger partial charge in [0.1, 0.15) is 5.82 Å². The van der Waals surface area contributed by atoms with Crippen molar-refractivity contribution in [2.24, 2.45) is 0 Å². The third kappa shape index (κ3) is 6.05. The molecule has 0 spiro atoms. The third-order valence-corrected chi connectivity index (χ3v) is 6.00. The number of carbonyl (C=O) groups excluding carboxylic acids is 2. The zero-order valence-corrected chi connectivity index (χ0v) is 18.2. The summed E-state index contributed by atoms with van der Waals surface area (Å²) in [7, 11) is -3.98. The summed E-state index contributed by atoms with van der Waals surface area (Å²) in [6, 6.07) is 17.5. The summed E-state index contributed by atoms with van der Waals surface area (Å²) in [5, 5.41) is 5.06. The topological polar surface area (TPSA) is 104 Å². The second-order valence-electron chi connectivity index (χ2n) is 6.64. The summed E-state index contributed by atoms with van der Waals surface area (Å²) in [4.78, 5) is 24.0. The van der Waals surface area contributed by atoms with E-state index in [1.54, 1.807) is 24.3 Å². The SMILES string of the molecule is O=C(NCCNC(=O)c1ccc(NS(=O)(=O)c2ccc(F)c(Cl)c2)cc1)c1ccccc1. The quantitative estimate of drug-likeness (QED) is 0.434. The Bertz CT molecular complexity index is 1220. The van der Waals surface area contributed by atoms with Gasteiger partial charge in [0.25, 0.3) is 21.8 Å². The molecular weight excluding hydrogens is 457 g/mol. The highest BCUT2D eigenvalue weighted by Crippen LogP contribution is 2.22. The lowest BCUT2D eigenvalue weighted by atomic mass is 10.2. The lowest BCUT2D eigenvalue weighted by Gasteiger charge is -2.10. The number of hydrogen-bond acceptors (Lipinski definition) is 4. The molecular formula is C22H19ClFN3O4S. The van der Waals surface area contributed by atoms with Gasteiger partial charge < -0.3 is 10.6 Å². The van der Waals surface area contributed by atoms with Crippen LogP contribution in [0.3, 0.4) is 0 Å². The van der Waals surface area contributed by atoms with Gasteiger partial charge in [0.2, 0.25) is 0 Å². The Morgan fingerprint density at radius 3 is 1.94 bits per heavy atom. The van der Waals surface area contributed by atoms with E-state index in [-0.39, 0.29) is 40.5 Å². The largest absolute Gasteiger partial charge is 0.350 e. The Balaban J connectivity index is 1.51. The number of hydrogen-bond donors (Lipinski definition) is 3. The van der Waals surface area contributed by atoms with Crippen LogP contribution in [-0.2, 0) is 10.0 Å². The second-order valence-corrected chi connectivity index (χ2v) is 8.73. The van der Waals surface area contributed by atoms with Gasteiger partial charge in [-0.25, -0.2) is 12.8 Å². The van der Waals surface area contributed by atoms with Gasteiger partial charge >= 0.3 is 0 Å². The van der Waals surface area contributed by atoms with Crippen molar-refractivity contribution in [3.63, 3.8) is 0 Å². The van der Waals surface area contributed by atoms with E-state index < -0.39 is 15.8 Å². The van der Waals surface area contributed by atoms with Gasteiger partial charge in [-0.3, -0.25) is 14.3 Å². The van der Waals surface area contributed by atoms with E-state index in [2.05, 4.69) is 15.4 Å². The van der Waals surface area contributed by atoms with Crippen LogP contribution in [0.2, 0.25) is 5.02 Å². The molecule has 0 saturated carbocycles. The lowest BCUT2D eigenvalue weighted by molar-refractivity contribution is 0.0927. The van der Waals surface area contributed by atoms with E-state index in [0.717, 1.165) is 18.2 Å². The van der Waals surface area contributed by atoms with Crippen molar-refractivity contribution in [1.29, 1.82) is 0 Å². The summed E-state index contributed by atoms with van der Waals surface area (Å²) in [5.41, 5.74) is 1.06. The molecule has 7 nitrogen and oxygen atoms in total. The number of rotatable bonds is 8. The Morgan fingerprint density at radius 2 is 1.38 bits per heavy atom. The maximum Gasteiger partial charge on any atom is 0.261 e. The maximum atomic E-state index is 13.3. The fourth-order valence-electron chi connectivity index (χ4n) is 2.69. The summed E-state index contributed by atoms with van der Waals surface area (Å²) >= 11 is 5.64. The van der Waals surface area contributed by atoms with Crippen LogP contribution in [0.5, 0.6) is 0 Å². The first-order valence-corrected chi connectivity index (χ1v) is 11.3. The minimum atomic E-state index is -3.98. The molecule has 0 atom stereocenters. The van der Waals surface area contributed by atoms with Crippen LogP contribution in [0.4, 0.5) is 10.1 Å².